The van der Waals surface area contributed by atoms with Crippen LogP contribution >= 0.6 is 0 Å². The maximum atomic E-state index is 13.1. The summed E-state index contributed by atoms with van der Waals surface area (Å²) in [4.78, 5) is 30.0. The first-order chi connectivity index (χ1) is 16.6. The summed E-state index contributed by atoms with van der Waals surface area (Å²) in [7, 11) is 0. The Balaban J connectivity index is 1.15. The second-order valence-electron chi connectivity index (χ2n) is 9.34. The number of carbonyl (C=O) groups excluding carboxylic acids is 2. The summed E-state index contributed by atoms with van der Waals surface area (Å²) in [5, 5.41) is 3.14. The molecule has 5 nitrogen and oxygen atoms in total. The SMILES string of the molecule is Cc1ccccc1C(=O)NC1CCN(C(=O)c2ccc(N3CCc4ccccc4C3)cc2)CC1. The van der Waals surface area contributed by atoms with Crippen LogP contribution in [0.2, 0.25) is 0 Å². The summed E-state index contributed by atoms with van der Waals surface area (Å²) in [6.07, 6.45) is 2.59. The van der Waals surface area contributed by atoms with Crippen LogP contribution in [0.1, 0.15) is 50.2 Å². The van der Waals surface area contributed by atoms with Crippen LogP contribution in [-0.2, 0) is 13.0 Å². The molecule has 1 fully saturated rings. The van der Waals surface area contributed by atoms with Crippen molar-refractivity contribution in [1.82, 2.24) is 10.2 Å². The number of carbonyl (C=O) groups is 2. The quantitative estimate of drug-likeness (QED) is 0.629. The number of anilines is 1. The summed E-state index contributed by atoms with van der Waals surface area (Å²) in [5.41, 5.74) is 6.39. The Labute approximate surface area is 201 Å². The second-order valence-corrected chi connectivity index (χ2v) is 9.34. The Kier molecular flexibility index (Phi) is 6.35. The Morgan fingerprint density at radius 2 is 1.50 bits per heavy atom. The highest BCUT2D eigenvalue weighted by Gasteiger charge is 2.25. The van der Waals surface area contributed by atoms with E-state index < -0.39 is 0 Å². The molecule has 0 saturated carbocycles. The Morgan fingerprint density at radius 3 is 2.24 bits per heavy atom. The highest BCUT2D eigenvalue weighted by molar-refractivity contribution is 5.96. The number of fused-ring (bicyclic) bond motifs is 1. The molecule has 2 amide bonds. The van der Waals surface area contributed by atoms with Gasteiger partial charge in [-0.1, -0.05) is 42.5 Å². The largest absolute Gasteiger partial charge is 0.367 e. The van der Waals surface area contributed by atoms with Crippen LogP contribution in [0.4, 0.5) is 5.69 Å². The highest BCUT2D eigenvalue weighted by atomic mass is 16.2. The van der Waals surface area contributed by atoms with Crippen LogP contribution in [-0.4, -0.2) is 42.4 Å². The van der Waals surface area contributed by atoms with Gasteiger partial charge in [-0.05, 0) is 73.2 Å². The molecular weight excluding hydrogens is 422 g/mol. The highest BCUT2D eigenvalue weighted by Crippen LogP contribution is 2.25. The summed E-state index contributed by atoms with van der Waals surface area (Å²) in [6, 6.07) is 24.4. The van der Waals surface area contributed by atoms with Crippen molar-refractivity contribution in [1.29, 1.82) is 0 Å². The molecule has 0 radical (unpaired) electrons. The molecule has 2 aliphatic heterocycles. The minimum Gasteiger partial charge on any atom is -0.367 e. The van der Waals surface area contributed by atoms with E-state index in [2.05, 4.69) is 46.6 Å². The van der Waals surface area contributed by atoms with Gasteiger partial charge in [0.25, 0.3) is 11.8 Å². The molecule has 0 bridgehead atoms. The number of likely N-dealkylation sites (tertiary alicyclic amines) is 1. The summed E-state index contributed by atoms with van der Waals surface area (Å²) in [6.45, 7) is 5.16. The first-order valence-corrected chi connectivity index (χ1v) is 12.2. The molecule has 1 saturated heterocycles. The van der Waals surface area contributed by atoms with Crippen molar-refractivity contribution in [2.75, 3.05) is 24.5 Å². The zero-order valence-corrected chi connectivity index (χ0v) is 19.7. The van der Waals surface area contributed by atoms with Gasteiger partial charge in [-0.3, -0.25) is 9.59 Å². The molecule has 5 heteroatoms. The van der Waals surface area contributed by atoms with Crippen molar-refractivity contribution in [2.45, 2.75) is 38.8 Å². The molecular formula is C29H31N3O2. The van der Waals surface area contributed by atoms with Crippen molar-refractivity contribution >= 4 is 17.5 Å². The Bertz CT molecular complexity index is 1180. The number of piperidine rings is 1. The molecule has 0 unspecified atom stereocenters. The minimum atomic E-state index is -0.0289. The van der Waals surface area contributed by atoms with Gasteiger partial charge < -0.3 is 15.1 Å². The fourth-order valence-electron chi connectivity index (χ4n) is 5.03. The molecule has 0 atom stereocenters. The van der Waals surface area contributed by atoms with Crippen molar-refractivity contribution in [3.8, 4) is 0 Å². The predicted molar refractivity (Wildman–Crippen MR) is 135 cm³/mol. The number of rotatable bonds is 4. The van der Waals surface area contributed by atoms with Crippen LogP contribution in [0, 0.1) is 6.92 Å². The van der Waals surface area contributed by atoms with Gasteiger partial charge in [0.05, 0.1) is 0 Å². The lowest BCUT2D eigenvalue weighted by molar-refractivity contribution is 0.0698. The van der Waals surface area contributed by atoms with Gasteiger partial charge in [-0.15, -0.1) is 0 Å². The average molecular weight is 454 g/mol. The number of benzene rings is 3. The van der Waals surface area contributed by atoms with E-state index >= 15 is 0 Å². The third-order valence-corrected chi connectivity index (χ3v) is 7.12. The molecule has 3 aromatic rings. The molecule has 0 aromatic heterocycles. The van der Waals surface area contributed by atoms with Crippen molar-refractivity contribution in [3.63, 3.8) is 0 Å². The first-order valence-electron chi connectivity index (χ1n) is 12.2. The first kappa shape index (κ1) is 22.2. The van der Waals surface area contributed by atoms with Crippen LogP contribution < -0.4 is 10.2 Å². The Hall–Kier alpha value is -3.60. The number of amides is 2. The molecule has 34 heavy (non-hydrogen) atoms. The van der Waals surface area contributed by atoms with Crippen molar-refractivity contribution < 1.29 is 9.59 Å². The standard InChI is InChI=1S/C29H31N3O2/c1-21-6-2-5-9-27(21)28(33)30-25-15-18-31(19-16-25)29(34)23-10-12-26(13-11-23)32-17-14-22-7-3-4-8-24(22)20-32/h2-13,25H,14-20H2,1H3,(H,30,33). The number of nitrogens with one attached hydrogen (secondary N) is 1. The third kappa shape index (κ3) is 4.69. The van der Waals surface area contributed by atoms with Crippen molar-refractivity contribution in [3.05, 3.63) is 101 Å². The van der Waals surface area contributed by atoms with Gasteiger partial charge in [-0.2, -0.15) is 0 Å². The number of nitrogens with zero attached hydrogens (tertiary/aromatic N) is 2. The van der Waals surface area contributed by atoms with Gasteiger partial charge in [0.1, 0.15) is 0 Å². The minimum absolute atomic E-state index is 0.0289. The molecule has 5 rings (SSSR count). The van der Waals surface area contributed by atoms with Gasteiger partial charge in [0, 0.05) is 49.0 Å². The fraction of sp³-hybridized carbons (Fsp3) is 0.310. The van der Waals surface area contributed by atoms with Gasteiger partial charge >= 0.3 is 0 Å². The molecule has 0 spiro atoms. The lowest BCUT2D eigenvalue weighted by Gasteiger charge is -2.33. The van der Waals surface area contributed by atoms with Crippen LogP contribution in [0.25, 0.3) is 0 Å². The number of hydrogen-bond acceptors (Lipinski definition) is 3. The third-order valence-electron chi connectivity index (χ3n) is 7.12. The van der Waals surface area contributed by atoms with E-state index in [0.29, 0.717) is 13.1 Å². The summed E-state index contributed by atoms with van der Waals surface area (Å²) < 4.78 is 0. The zero-order valence-electron chi connectivity index (χ0n) is 19.7. The van der Waals surface area contributed by atoms with Crippen LogP contribution in [0.5, 0.6) is 0 Å². The van der Waals surface area contributed by atoms with E-state index in [-0.39, 0.29) is 17.9 Å². The van der Waals surface area contributed by atoms with E-state index in [0.717, 1.165) is 54.7 Å². The van der Waals surface area contributed by atoms with Gasteiger partial charge in [0.2, 0.25) is 0 Å². The van der Waals surface area contributed by atoms with E-state index in [1.807, 2.05) is 48.2 Å². The summed E-state index contributed by atoms with van der Waals surface area (Å²) >= 11 is 0. The van der Waals surface area contributed by atoms with E-state index in [1.165, 1.54) is 11.1 Å². The predicted octanol–water partition coefficient (Wildman–Crippen LogP) is 4.59. The monoisotopic (exact) mass is 453 g/mol. The topological polar surface area (TPSA) is 52.7 Å². The number of aryl methyl sites for hydroxylation is 1. The molecule has 174 valence electrons. The lowest BCUT2D eigenvalue weighted by Crippen LogP contribution is -2.46. The van der Waals surface area contributed by atoms with E-state index in [1.54, 1.807) is 0 Å². The molecule has 2 heterocycles. The second kappa shape index (κ2) is 9.72. The maximum absolute atomic E-state index is 13.1. The molecule has 0 aliphatic carbocycles. The number of hydrogen-bond donors (Lipinski definition) is 1. The molecule has 2 aliphatic rings. The zero-order chi connectivity index (χ0) is 23.5. The maximum Gasteiger partial charge on any atom is 0.253 e. The fourth-order valence-corrected chi connectivity index (χ4v) is 5.03. The normalized spacial score (nSPS) is 16.1. The van der Waals surface area contributed by atoms with Gasteiger partial charge in [0.15, 0.2) is 0 Å². The van der Waals surface area contributed by atoms with Crippen LogP contribution in [0.3, 0.4) is 0 Å². The molecule has 3 aromatic carbocycles. The average Bonchev–Trinajstić information content (AvgIpc) is 2.89. The smallest absolute Gasteiger partial charge is 0.253 e. The summed E-state index contributed by atoms with van der Waals surface area (Å²) in [5.74, 6) is 0.0398. The van der Waals surface area contributed by atoms with E-state index in [9.17, 15) is 9.59 Å². The molecule has 1 N–H and O–H groups in total. The van der Waals surface area contributed by atoms with E-state index in [4.69, 9.17) is 0 Å². The lowest BCUT2D eigenvalue weighted by atomic mass is 9.99. The van der Waals surface area contributed by atoms with Crippen LogP contribution in [0.15, 0.2) is 72.8 Å². The Morgan fingerprint density at radius 1 is 0.824 bits per heavy atom. The van der Waals surface area contributed by atoms with Crippen molar-refractivity contribution in [2.24, 2.45) is 0 Å². The van der Waals surface area contributed by atoms with Gasteiger partial charge in [-0.25, -0.2) is 0 Å².